The van der Waals surface area contributed by atoms with Crippen LogP contribution in [0.4, 0.5) is 27.5 Å². The number of benzene rings is 2. The van der Waals surface area contributed by atoms with E-state index in [9.17, 15) is 12.8 Å². The molecule has 0 spiro atoms. The van der Waals surface area contributed by atoms with Crippen LogP contribution in [0.2, 0.25) is 0 Å². The Morgan fingerprint density at radius 1 is 1.13 bits per heavy atom. The fourth-order valence-corrected chi connectivity index (χ4v) is 3.56. The molecule has 156 valence electrons. The van der Waals surface area contributed by atoms with Gasteiger partial charge in [-0.1, -0.05) is 12.1 Å². The molecule has 10 heteroatoms. The van der Waals surface area contributed by atoms with E-state index in [0.29, 0.717) is 17.8 Å². The van der Waals surface area contributed by atoms with Gasteiger partial charge in [-0.2, -0.15) is 4.98 Å². The molecule has 2 aromatic carbocycles. The molecule has 0 aliphatic heterocycles. The van der Waals surface area contributed by atoms with Gasteiger partial charge in [0.05, 0.1) is 11.1 Å². The highest BCUT2D eigenvalue weighted by atomic mass is 32.2. The minimum absolute atomic E-state index is 0.0464. The van der Waals surface area contributed by atoms with Gasteiger partial charge < -0.3 is 15.6 Å². The Balaban J connectivity index is 1.58. The number of nitrogens with zero attached hydrogens (tertiary/aromatic N) is 2. The normalized spacial score (nSPS) is 11.3. The van der Waals surface area contributed by atoms with Crippen LogP contribution in [0.25, 0.3) is 10.9 Å². The van der Waals surface area contributed by atoms with Crippen LogP contribution in [0.15, 0.2) is 59.6 Å². The quantitative estimate of drug-likeness (QED) is 0.343. The van der Waals surface area contributed by atoms with E-state index in [1.54, 1.807) is 12.1 Å². The van der Waals surface area contributed by atoms with Crippen LogP contribution in [0.5, 0.6) is 0 Å². The molecule has 0 aliphatic rings. The third-order valence-corrected chi connectivity index (χ3v) is 5.31. The molecule has 0 radical (unpaired) electrons. The van der Waals surface area contributed by atoms with Crippen LogP contribution in [0.3, 0.4) is 0 Å². The van der Waals surface area contributed by atoms with E-state index in [0.717, 1.165) is 22.8 Å². The van der Waals surface area contributed by atoms with Crippen molar-refractivity contribution in [2.45, 2.75) is 11.3 Å². The molecule has 0 fully saturated rings. The van der Waals surface area contributed by atoms with Gasteiger partial charge in [-0.05, 0) is 41.8 Å². The lowest BCUT2D eigenvalue weighted by Gasteiger charge is -2.10. The first kappa shape index (κ1) is 20.3. The fraction of sp³-hybridized carbons (Fsp3) is 0.0476. The topological polar surface area (TPSA) is 126 Å². The maximum atomic E-state index is 14.3. The molecule has 0 saturated heterocycles. The van der Waals surface area contributed by atoms with Gasteiger partial charge in [-0.3, -0.25) is 0 Å². The predicted octanol–water partition coefficient (Wildman–Crippen LogP) is 3.41. The summed E-state index contributed by atoms with van der Waals surface area (Å²) in [5.41, 5.74) is 2.76. The lowest BCUT2D eigenvalue weighted by Crippen LogP contribution is -2.12. The molecule has 0 bridgehead atoms. The van der Waals surface area contributed by atoms with Crippen molar-refractivity contribution in [3.05, 3.63) is 66.2 Å². The van der Waals surface area contributed by atoms with Crippen molar-refractivity contribution >= 4 is 44.1 Å². The lowest BCUT2D eigenvalue weighted by atomic mass is 10.2. The Morgan fingerprint density at radius 2 is 1.94 bits per heavy atom. The first-order valence-corrected chi connectivity index (χ1v) is 10.6. The number of rotatable bonds is 6. The van der Waals surface area contributed by atoms with Crippen LogP contribution in [0.1, 0.15) is 5.69 Å². The molecule has 2 aromatic heterocycles. The summed E-state index contributed by atoms with van der Waals surface area (Å²) in [5, 5.41) is 11.9. The first-order valence-electron chi connectivity index (χ1n) is 9.06. The van der Waals surface area contributed by atoms with E-state index >= 15 is 0 Å². The second-order valence-corrected chi connectivity index (χ2v) is 8.25. The van der Waals surface area contributed by atoms with Crippen molar-refractivity contribution in [3.8, 4) is 12.3 Å². The predicted molar refractivity (Wildman–Crippen MR) is 117 cm³/mol. The molecule has 0 amide bonds. The number of primary sulfonamides is 1. The molecule has 4 aromatic rings. The van der Waals surface area contributed by atoms with Crippen LogP contribution >= 0.6 is 0 Å². The van der Waals surface area contributed by atoms with Crippen LogP contribution in [0, 0.1) is 18.2 Å². The summed E-state index contributed by atoms with van der Waals surface area (Å²) in [5.74, 6) is 1.96. The molecule has 0 aliphatic carbocycles. The van der Waals surface area contributed by atoms with E-state index in [1.807, 2.05) is 18.2 Å². The average Bonchev–Trinajstić information content (AvgIpc) is 3.12. The van der Waals surface area contributed by atoms with E-state index in [4.69, 9.17) is 11.6 Å². The van der Waals surface area contributed by atoms with Gasteiger partial charge in [0.15, 0.2) is 11.6 Å². The van der Waals surface area contributed by atoms with Crippen LogP contribution in [-0.2, 0) is 16.4 Å². The van der Waals surface area contributed by atoms with E-state index in [2.05, 4.69) is 31.5 Å². The number of sulfonamides is 1. The number of fused-ring (bicyclic) bond motifs is 1. The molecular formula is C21H17FN6O2S. The maximum absolute atomic E-state index is 14.3. The number of halogens is 1. The molecule has 0 atom stereocenters. The van der Waals surface area contributed by atoms with Crippen molar-refractivity contribution in [2.75, 3.05) is 10.6 Å². The molecule has 31 heavy (non-hydrogen) atoms. The summed E-state index contributed by atoms with van der Waals surface area (Å²) in [4.78, 5) is 11.2. The Bertz CT molecular complexity index is 1430. The van der Waals surface area contributed by atoms with Gasteiger partial charge in [0.25, 0.3) is 0 Å². The van der Waals surface area contributed by atoms with Gasteiger partial charge in [0, 0.05) is 29.0 Å². The maximum Gasteiger partial charge on any atom is 0.238 e. The van der Waals surface area contributed by atoms with Gasteiger partial charge in [0.1, 0.15) is 0 Å². The highest BCUT2D eigenvalue weighted by molar-refractivity contribution is 7.89. The van der Waals surface area contributed by atoms with Gasteiger partial charge in [0.2, 0.25) is 16.0 Å². The zero-order valence-corrected chi connectivity index (χ0v) is 16.9. The average molecular weight is 436 g/mol. The van der Waals surface area contributed by atoms with Crippen molar-refractivity contribution in [3.63, 3.8) is 0 Å². The monoisotopic (exact) mass is 436 g/mol. The fourth-order valence-electron chi connectivity index (χ4n) is 3.00. The van der Waals surface area contributed by atoms with Gasteiger partial charge >= 0.3 is 0 Å². The van der Waals surface area contributed by atoms with Gasteiger partial charge in [-0.25, -0.2) is 22.9 Å². The largest absolute Gasteiger partial charge is 0.358 e. The third-order valence-electron chi connectivity index (χ3n) is 4.40. The third kappa shape index (κ3) is 4.63. The number of H-pyrrole nitrogens is 1. The van der Waals surface area contributed by atoms with E-state index in [1.165, 1.54) is 18.2 Å². The molecular weight excluding hydrogens is 419 g/mol. The minimum atomic E-state index is -3.86. The van der Waals surface area contributed by atoms with Crippen molar-refractivity contribution < 1.29 is 12.8 Å². The first-order chi connectivity index (χ1) is 14.8. The molecule has 4 rings (SSSR count). The summed E-state index contributed by atoms with van der Waals surface area (Å²) in [7, 11) is -3.86. The van der Waals surface area contributed by atoms with Crippen LogP contribution in [-0.4, -0.2) is 23.4 Å². The second kappa shape index (κ2) is 8.06. The summed E-state index contributed by atoms with van der Waals surface area (Å²) < 4.78 is 37.3. The highest BCUT2D eigenvalue weighted by Gasteiger charge is 2.11. The number of terminal acetylenes is 1. The Morgan fingerprint density at radius 3 is 2.71 bits per heavy atom. The summed E-state index contributed by atoms with van der Waals surface area (Å²) in [6.45, 7) is 0. The lowest BCUT2D eigenvalue weighted by molar-refractivity contribution is 0.598. The Labute approximate surface area is 177 Å². The molecule has 8 nitrogen and oxygen atoms in total. The Kier molecular flexibility index (Phi) is 5.29. The smallest absolute Gasteiger partial charge is 0.238 e. The van der Waals surface area contributed by atoms with Crippen LogP contribution < -0.4 is 15.8 Å². The van der Waals surface area contributed by atoms with Crippen molar-refractivity contribution in [1.29, 1.82) is 0 Å². The summed E-state index contributed by atoms with van der Waals surface area (Å²) in [6, 6.07) is 13.3. The van der Waals surface area contributed by atoms with Crippen molar-refractivity contribution in [1.82, 2.24) is 15.0 Å². The number of nitrogens with one attached hydrogen (secondary N) is 3. The number of nitrogens with two attached hydrogens (primary N) is 1. The van der Waals surface area contributed by atoms with Gasteiger partial charge in [-0.15, -0.1) is 12.3 Å². The molecule has 2 heterocycles. The SMILES string of the molecule is C#CCc1cc2ccc(Nc3nc(Nc4cccc(S(N)(=O)=O)c4)ncc3F)cc2[nH]1. The highest BCUT2D eigenvalue weighted by Crippen LogP contribution is 2.25. The standard InChI is InChI=1S/C21H17FN6O2S/c1-2-4-14-9-13-7-8-16(11-19(13)25-14)26-20-18(22)12-24-21(28-20)27-15-5-3-6-17(10-15)31(23,29)30/h1,3,5-12,25H,4H2,(H2,23,29,30)(H2,24,26,27,28). The molecule has 0 saturated carbocycles. The number of hydrogen-bond donors (Lipinski definition) is 4. The number of aromatic amines is 1. The zero-order chi connectivity index (χ0) is 22.0. The number of anilines is 4. The van der Waals surface area contributed by atoms with Crippen molar-refractivity contribution in [2.24, 2.45) is 5.14 Å². The second-order valence-electron chi connectivity index (χ2n) is 6.69. The van der Waals surface area contributed by atoms with E-state index < -0.39 is 15.8 Å². The summed E-state index contributed by atoms with van der Waals surface area (Å²) in [6.07, 6.45) is 6.85. The number of hydrogen-bond acceptors (Lipinski definition) is 6. The summed E-state index contributed by atoms with van der Waals surface area (Å²) >= 11 is 0. The minimum Gasteiger partial charge on any atom is -0.358 e. The molecule has 0 unspecified atom stereocenters. The number of aromatic nitrogens is 3. The zero-order valence-electron chi connectivity index (χ0n) is 16.1. The Hall–Kier alpha value is -3.94. The molecule has 5 N–H and O–H groups in total. The van der Waals surface area contributed by atoms with E-state index in [-0.39, 0.29) is 16.7 Å².